The van der Waals surface area contributed by atoms with Crippen molar-refractivity contribution in [2.24, 2.45) is 0 Å². The number of halogens is 6. The standard InChI is InChI=1S/C21H16ClF5N4O3/c22-12-4-3-5-13(23)18(12)28-19(32)11-8-14(24)15(9-16(11)34-10-21(25,26)27)31-20(33)30-7-2-1-6-17(30)29-31/h3-5,8-9H,1-2,6-7,10H2,(H,28,32). The van der Waals surface area contributed by atoms with Crippen LogP contribution in [-0.4, -0.2) is 33.0 Å². The van der Waals surface area contributed by atoms with E-state index in [0.717, 1.165) is 25.0 Å². The number of fused-ring (bicyclic) bond motifs is 1. The molecule has 0 saturated carbocycles. The van der Waals surface area contributed by atoms with E-state index in [0.29, 0.717) is 29.5 Å². The van der Waals surface area contributed by atoms with E-state index < -0.39 is 58.7 Å². The monoisotopic (exact) mass is 502 g/mol. The Morgan fingerprint density at radius 2 is 1.94 bits per heavy atom. The van der Waals surface area contributed by atoms with E-state index in [-0.39, 0.29) is 5.02 Å². The molecule has 180 valence electrons. The van der Waals surface area contributed by atoms with Gasteiger partial charge in [0, 0.05) is 19.0 Å². The number of aromatic nitrogens is 3. The van der Waals surface area contributed by atoms with Gasteiger partial charge in [-0.1, -0.05) is 17.7 Å². The molecule has 1 aromatic heterocycles. The number of hydrogen-bond donors (Lipinski definition) is 1. The summed E-state index contributed by atoms with van der Waals surface area (Å²) in [6.07, 6.45) is -2.80. The molecule has 1 aliphatic heterocycles. The number of ether oxygens (including phenoxy) is 1. The first kappa shape index (κ1) is 23.7. The molecular weight excluding hydrogens is 487 g/mol. The van der Waals surface area contributed by atoms with Gasteiger partial charge in [-0.25, -0.2) is 13.6 Å². The maximum Gasteiger partial charge on any atom is 0.422 e. The Morgan fingerprint density at radius 1 is 1.18 bits per heavy atom. The molecule has 0 aliphatic carbocycles. The molecule has 2 aromatic carbocycles. The van der Waals surface area contributed by atoms with Crippen molar-refractivity contribution in [2.45, 2.75) is 32.0 Å². The summed E-state index contributed by atoms with van der Waals surface area (Å²) < 4.78 is 74.3. The van der Waals surface area contributed by atoms with Crippen LogP contribution in [0.5, 0.6) is 5.75 Å². The van der Waals surface area contributed by atoms with Gasteiger partial charge in [0.05, 0.1) is 16.3 Å². The van der Waals surface area contributed by atoms with Crippen LogP contribution in [0.25, 0.3) is 5.69 Å². The van der Waals surface area contributed by atoms with Gasteiger partial charge in [0.25, 0.3) is 5.91 Å². The molecule has 0 unspecified atom stereocenters. The highest BCUT2D eigenvalue weighted by atomic mass is 35.5. The molecule has 1 N–H and O–H groups in total. The molecule has 7 nitrogen and oxygen atoms in total. The molecule has 4 rings (SSSR count). The van der Waals surface area contributed by atoms with Crippen molar-refractivity contribution < 1.29 is 31.5 Å². The molecule has 3 aromatic rings. The van der Waals surface area contributed by atoms with Crippen molar-refractivity contribution in [1.82, 2.24) is 14.3 Å². The molecule has 2 heterocycles. The van der Waals surface area contributed by atoms with Gasteiger partial charge in [0.15, 0.2) is 6.61 Å². The molecular formula is C21H16ClF5N4O3. The van der Waals surface area contributed by atoms with Gasteiger partial charge in [-0.05, 0) is 31.0 Å². The smallest absolute Gasteiger partial charge is 0.422 e. The number of anilines is 1. The summed E-state index contributed by atoms with van der Waals surface area (Å²) in [6.45, 7) is -1.43. The lowest BCUT2D eigenvalue weighted by molar-refractivity contribution is -0.153. The molecule has 0 radical (unpaired) electrons. The maximum atomic E-state index is 15.0. The summed E-state index contributed by atoms with van der Waals surface area (Å²) in [5.74, 6) is -3.49. The average molecular weight is 503 g/mol. The fourth-order valence-electron chi connectivity index (χ4n) is 3.52. The summed E-state index contributed by atoms with van der Waals surface area (Å²) in [7, 11) is 0. The second-order valence-electron chi connectivity index (χ2n) is 7.47. The lowest BCUT2D eigenvalue weighted by Crippen LogP contribution is -2.27. The average Bonchev–Trinajstić information content (AvgIpc) is 3.11. The maximum absolute atomic E-state index is 15.0. The van der Waals surface area contributed by atoms with E-state index in [2.05, 4.69) is 10.4 Å². The van der Waals surface area contributed by atoms with Gasteiger partial charge in [-0.3, -0.25) is 9.36 Å². The number of aryl methyl sites for hydroxylation is 1. The number of para-hydroxylation sites is 1. The van der Waals surface area contributed by atoms with Crippen molar-refractivity contribution in [2.75, 3.05) is 11.9 Å². The summed E-state index contributed by atoms with van der Waals surface area (Å²) in [5.41, 5.74) is -2.28. The number of benzene rings is 2. The van der Waals surface area contributed by atoms with E-state index >= 15 is 4.39 Å². The van der Waals surface area contributed by atoms with Crippen LogP contribution in [0.3, 0.4) is 0 Å². The number of hydrogen-bond acceptors (Lipinski definition) is 4. The Kier molecular flexibility index (Phi) is 6.34. The van der Waals surface area contributed by atoms with Gasteiger partial charge in [-0.15, -0.1) is 5.10 Å². The number of amides is 1. The first-order chi connectivity index (χ1) is 16.0. The Labute approximate surface area is 193 Å². The molecule has 13 heteroatoms. The second kappa shape index (κ2) is 9.09. The molecule has 0 fully saturated rings. The van der Waals surface area contributed by atoms with Gasteiger partial charge >= 0.3 is 11.9 Å². The number of carbonyl (C=O) groups excluding carboxylic acids is 1. The van der Waals surface area contributed by atoms with Crippen LogP contribution in [0, 0.1) is 11.6 Å². The molecule has 0 saturated heterocycles. The van der Waals surface area contributed by atoms with Gasteiger partial charge < -0.3 is 10.1 Å². The summed E-state index contributed by atoms with van der Waals surface area (Å²) in [6, 6.07) is 4.92. The van der Waals surface area contributed by atoms with Crippen LogP contribution in [-0.2, 0) is 13.0 Å². The molecule has 34 heavy (non-hydrogen) atoms. The third kappa shape index (κ3) is 4.76. The van der Waals surface area contributed by atoms with Crippen LogP contribution in [0.2, 0.25) is 5.02 Å². The van der Waals surface area contributed by atoms with Crippen molar-refractivity contribution in [3.8, 4) is 11.4 Å². The van der Waals surface area contributed by atoms with Crippen molar-refractivity contribution in [3.63, 3.8) is 0 Å². The minimum absolute atomic E-state index is 0.182. The van der Waals surface area contributed by atoms with Crippen LogP contribution in [0.4, 0.5) is 27.6 Å². The number of rotatable bonds is 5. The highest BCUT2D eigenvalue weighted by molar-refractivity contribution is 6.34. The van der Waals surface area contributed by atoms with Gasteiger partial charge in [0.2, 0.25) is 0 Å². The first-order valence-electron chi connectivity index (χ1n) is 10.0. The fraction of sp³-hybridized carbons (Fsp3) is 0.286. The van der Waals surface area contributed by atoms with Crippen molar-refractivity contribution in [1.29, 1.82) is 0 Å². The molecule has 0 atom stereocenters. The van der Waals surface area contributed by atoms with Crippen molar-refractivity contribution in [3.05, 3.63) is 68.9 Å². The van der Waals surface area contributed by atoms with Crippen molar-refractivity contribution >= 4 is 23.2 Å². The first-order valence-corrected chi connectivity index (χ1v) is 10.4. The van der Waals surface area contributed by atoms with Crippen LogP contribution >= 0.6 is 11.6 Å². The molecule has 1 aliphatic rings. The zero-order valence-corrected chi connectivity index (χ0v) is 18.0. The third-order valence-corrected chi connectivity index (χ3v) is 5.40. The largest absolute Gasteiger partial charge is 0.483 e. The van der Waals surface area contributed by atoms with Gasteiger partial charge in [0.1, 0.15) is 28.9 Å². The number of alkyl halides is 3. The summed E-state index contributed by atoms with van der Waals surface area (Å²) >= 11 is 5.87. The van der Waals surface area contributed by atoms with Gasteiger partial charge in [-0.2, -0.15) is 17.9 Å². The van der Waals surface area contributed by atoms with Crippen LogP contribution in [0.1, 0.15) is 29.0 Å². The van der Waals surface area contributed by atoms with E-state index in [1.54, 1.807) is 0 Å². The van der Waals surface area contributed by atoms with Crippen LogP contribution < -0.4 is 15.7 Å². The number of carbonyl (C=O) groups is 1. The molecule has 0 bridgehead atoms. The quantitative estimate of drug-likeness (QED) is 0.521. The Morgan fingerprint density at radius 3 is 2.62 bits per heavy atom. The van der Waals surface area contributed by atoms with E-state index in [9.17, 15) is 27.2 Å². The Balaban J connectivity index is 1.78. The lowest BCUT2D eigenvalue weighted by Gasteiger charge is -2.16. The predicted octanol–water partition coefficient (Wildman–Crippen LogP) is 4.50. The SMILES string of the molecule is O=C(Nc1c(F)cccc1Cl)c1cc(F)c(-n2nc3n(c2=O)CCCC3)cc1OCC(F)(F)F. The zero-order valence-electron chi connectivity index (χ0n) is 17.3. The van der Waals surface area contributed by atoms with E-state index in [1.165, 1.54) is 16.7 Å². The lowest BCUT2D eigenvalue weighted by atomic mass is 10.1. The third-order valence-electron chi connectivity index (χ3n) is 5.09. The number of nitrogens with zero attached hydrogens (tertiary/aromatic N) is 3. The number of nitrogens with one attached hydrogen (secondary N) is 1. The van der Waals surface area contributed by atoms with Crippen LogP contribution in [0.15, 0.2) is 35.1 Å². The zero-order chi connectivity index (χ0) is 24.6. The van der Waals surface area contributed by atoms with E-state index in [4.69, 9.17) is 16.3 Å². The highest BCUT2D eigenvalue weighted by Gasteiger charge is 2.30. The normalized spacial score (nSPS) is 13.5. The Hall–Kier alpha value is -3.41. The predicted molar refractivity (Wildman–Crippen MR) is 112 cm³/mol. The molecule has 0 spiro atoms. The second-order valence-corrected chi connectivity index (χ2v) is 7.88. The summed E-state index contributed by atoms with van der Waals surface area (Å²) in [4.78, 5) is 25.4. The highest BCUT2D eigenvalue weighted by Crippen LogP contribution is 2.30. The van der Waals surface area contributed by atoms with E-state index in [1.807, 2.05) is 0 Å². The Bertz CT molecular complexity index is 1300. The molecule has 1 amide bonds. The summed E-state index contributed by atoms with van der Waals surface area (Å²) in [5, 5.41) is 6.00. The minimum Gasteiger partial charge on any atom is -0.483 e. The topological polar surface area (TPSA) is 78.2 Å². The minimum atomic E-state index is -4.78. The fourth-order valence-corrected chi connectivity index (χ4v) is 3.73.